The van der Waals surface area contributed by atoms with Crippen molar-refractivity contribution in [2.24, 2.45) is 4.99 Å². The topological polar surface area (TPSA) is 74.8 Å². The number of benzene rings is 1. The Hall–Kier alpha value is -1.72. The molecule has 1 amide bonds. The summed E-state index contributed by atoms with van der Waals surface area (Å²) in [6.45, 7) is 6.12. The monoisotopic (exact) mass is 502 g/mol. The lowest BCUT2D eigenvalue weighted by atomic mass is 10.1. The van der Waals surface area contributed by atoms with Gasteiger partial charge in [-0.05, 0) is 39.0 Å². The van der Waals surface area contributed by atoms with E-state index in [4.69, 9.17) is 4.74 Å². The summed E-state index contributed by atoms with van der Waals surface area (Å²) in [6.07, 6.45) is -4.41. The zero-order valence-electron chi connectivity index (χ0n) is 15.7. The van der Waals surface area contributed by atoms with Gasteiger partial charge in [0.2, 0.25) is 5.91 Å². The number of rotatable bonds is 6. The largest absolute Gasteiger partial charge is 0.492 e. The maximum absolute atomic E-state index is 12.6. The number of amides is 1. The molecular formula is C17H26F3IN4O2. The van der Waals surface area contributed by atoms with Crippen molar-refractivity contribution in [1.82, 2.24) is 16.0 Å². The Morgan fingerprint density at radius 2 is 1.85 bits per heavy atom. The van der Waals surface area contributed by atoms with Crippen molar-refractivity contribution in [3.8, 4) is 5.75 Å². The van der Waals surface area contributed by atoms with Crippen molar-refractivity contribution in [2.45, 2.75) is 32.5 Å². The fraction of sp³-hybridized carbons (Fsp3) is 0.529. The molecule has 0 saturated carbocycles. The first-order valence-corrected chi connectivity index (χ1v) is 8.07. The van der Waals surface area contributed by atoms with Crippen LogP contribution in [0.4, 0.5) is 13.2 Å². The smallest absolute Gasteiger partial charge is 0.416 e. The van der Waals surface area contributed by atoms with Crippen molar-refractivity contribution >= 4 is 35.8 Å². The van der Waals surface area contributed by atoms with Gasteiger partial charge in [-0.25, -0.2) is 0 Å². The van der Waals surface area contributed by atoms with Gasteiger partial charge in [0.15, 0.2) is 5.96 Å². The fourth-order valence-corrected chi connectivity index (χ4v) is 1.95. The molecule has 27 heavy (non-hydrogen) atoms. The predicted octanol–water partition coefficient (Wildman–Crippen LogP) is 2.78. The minimum absolute atomic E-state index is 0. The zero-order valence-corrected chi connectivity index (χ0v) is 18.1. The standard InChI is InChI=1S/C17H25F3N4O2.HI/c1-16(2,3)24-14(25)11-23-15(21-4)22-8-9-26-13-7-5-6-12(10-13)17(18,19)20;/h5-7,10H,8-9,11H2,1-4H3,(H,24,25)(H2,21,22,23);1H. The molecule has 1 aromatic rings. The van der Waals surface area contributed by atoms with Crippen LogP contribution >= 0.6 is 24.0 Å². The second-order valence-electron chi connectivity index (χ2n) is 6.52. The summed E-state index contributed by atoms with van der Waals surface area (Å²) in [4.78, 5) is 15.7. The van der Waals surface area contributed by atoms with Crippen LogP contribution in [0.3, 0.4) is 0 Å². The highest BCUT2D eigenvalue weighted by Gasteiger charge is 2.30. The van der Waals surface area contributed by atoms with Crippen LogP contribution in [-0.4, -0.2) is 44.1 Å². The normalized spacial score (nSPS) is 12.0. The molecule has 0 unspecified atom stereocenters. The molecule has 0 aliphatic rings. The van der Waals surface area contributed by atoms with E-state index in [-0.39, 0.29) is 54.3 Å². The number of hydrogen-bond acceptors (Lipinski definition) is 3. The molecule has 1 rings (SSSR count). The number of alkyl halides is 3. The number of carbonyl (C=O) groups excluding carboxylic acids is 1. The van der Waals surface area contributed by atoms with E-state index >= 15 is 0 Å². The summed E-state index contributed by atoms with van der Waals surface area (Å²) in [7, 11) is 1.55. The van der Waals surface area contributed by atoms with E-state index in [1.807, 2.05) is 20.8 Å². The maximum Gasteiger partial charge on any atom is 0.416 e. The predicted molar refractivity (Wildman–Crippen MR) is 110 cm³/mol. The summed E-state index contributed by atoms with van der Waals surface area (Å²) in [5.74, 6) is 0.344. The molecule has 0 radical (unpaired) electrons. The van der Waals surface area contributed by atoms with E-state index < -0.39 is 11.7 Å². The second kappa shape index (κ2) is 11.2. The third-order valence-corrected chi connectivity index (χ3v) is 2.98. The van der Waals surface area contributed by atoms with E-state index in [1.54, 1.807) is 7.05 Å². The summed E-state index contributed by atoms with van der Waals surface area (Å²) < 4.78 is 43.2. The van der Waals surface area contributed by atoms with Gasteiger partial charge in [0.1, 0.15) is 12.4 Å². The fourth-order valence-electron chi connectivity index (χ4n) is 1.95. The summed E-state index contributed by atoms with van der Waals surface area (Å²) in [5, 5.41) is 8.56. The quantitative estimate of drug-likeness (QED) is 0.242. The maximum atomic E-state index is 12.6. The van der Waals surface area contributed by atoms with Gasteiger partial charge in [0, 0.05) is 12.6 Å². The zero-order chi connectivity index (χ0) is 19.8. The van der Waals surface area contributed by atoms with Gasteiger partial charge in [-0.3, -0.25) is 9.79 Å². The Bertz CT molecular complexity index is 631. The molecule has 0 aliphatic carbocycles. The molecule has 1 aromatic carbocycles. The van der Waals surface area contributed by atoms with Crippen molar-refractivity contribution in [3.63, 3.8) is 0 Å². The van der Waals surface area contributed by atoms with Crippen molar-refractivity contribution < 1.29 is 22.7 Å². The molecule has 0 saturated heterocycles. The van der Waals surface area contributed by atoms with E-state index in [1.165, 1.54) is 12.1 Å². The minimum Gasteiger partial charge on any atom is -0.492 e. The molecule has 0 atom stereocenters. The molecule has 0 heterocycles. The van der Waals surface area contributed by atoms with Crippen LogP contribution in [0, 0.1) is 0 Å². The first-order chi connectivity index (χ1) is 12.0. The molecular weight excluding hydrogens is 476 g/mol. The summed E-state index contributed by atoms with van der Waals surface area (Å²) in [6, 6.07) is 4.68. The van der Waals surface area contributed by atoms with E-state index in [0.29, 0.717) is 12.5 Å². The van der Waals surface area contributed by atoms with Gasteiger partial charge in [-0.15, -0.1) is 24.0 Å². The highest BCUT2D eigenvalue weighted by atomic mass is 127. The molecule has 0 spiro atoms. The lowest BCUT2D eigenvalue weighted by Crippen LogP contribution is -2.48. The van der Waals surface area contributed by atoms with Gasteiger partial charge in [-0.1, -0.05) is 6.07 Å². The third-order valence-electron chi connectivity index (χ3n) is 2.98. The number of guanidine groups is 1. The first kappa shape index (κ1) is 25.3. The average Bonchev–Trinajstić information content (AvgIpc) is 2.52. The number of nitrogens with zero attached hydrogens (tertiary/aromatic N) is 1. The molecule has 3 N–H and O–H groups in total. The van der Waals surface area contributed by atoms with Crippen LogP contribution in [0.5, 0.6) is 5.75 Å². The van der Waals surface area contributed by atoms with E-state index in [9.17, 15) is 18.0 Å². The van der Waals surface area contributed by atoms with Crippen molar-refractivity contribution in [1.29, 1.82) is 0 Å². The Labute approximate surface area is 174 Å². The van der Waals surface area contributed by atoms with Gasteiger partial charge in [0.25, 0.3) is 0 Å². The summed E-state index contributed by atoms with van der Waals surface area (Å²) in [5.41, 5.74) is -1.08. The number of hydrogen-bond donors (Lipinski definition) is 3. The second-order valence-corrected chi connectivity index (χ2v) is 6.52. The van der Waals surface area contributed by atoms with Crippen LogP contribution in [0.2, 0.25) is 0 Å². The Balaban J connectivity index is 0.00000676. The number of aliphatic imine (C=N–C) groups is 1. The van der Waals surface area contributed by atoms with Gasteiger partial charge in [0.05, 0.1) is 18.7 Å². The Kier molecular flexibility index (Phi) is 10.5. The third kappa shape index (κ3) is 10.9. The Morgan fingerprint density at radius 3 is 2.41 bits per heavy atom. The van der Waals surface area contributed by atoms with Crippen LogP contribution in [0.25, 0.3) is 0 Å². The number of nitrogens with one attached hydrogen (secondary N) is 3. The summed E-state index contributed by atoms with van der Waals surface area (Å²) >= 11 is 0. The molecule has 0 bridgehead atoms. The lowest BCUT2D eigenvalue weighted by Gasteiger charge is -2.21. The highest BCUT2D eigenvalue weighted by molar-refractivity contribution is 14.0. The highest BCUT2D eigenvalue weighted by Crippen LogP contribution is 2.31. The molecule has 0 aliphatic heterocycles. The first-order valence-electron chi connectivity index (χ1n) is 8.07. The number of halogens is 4. The van der Waals surface area contributed by atoms with Crippen LogP contribution in [0.1, 0.15) is 26.3 Å². The van der Waals surface area contributed by atoms with E-state index in [0.717, 1.165) is 12.1 Å². The van der Waals surface area contributed by atoms with Crippen LogP contribution in [-0.2, 0) is 11.0 Å². The van der Waals surface area contributed by atoms with Crippen molar-refractivity contribution in [3.05, 3.63) is 29.8 Å². The molecule has 0 fully saturated rings. The number of ether oxygens (including phenoxy) is 1. The van der Waals surface area contributed by atoms with Gasteiger partial charge >= 0.3 is 6.18 Å². The van der Waals surface area contributed by atoms with E-state index in [2.05, 4.69) is 20.9 Å². The lowest BCUT2D eigenvalue weighted by molar-refractivity contribution is -0.137. The van der Waals surface area contributed by atoms with Gasteiger partial charge < -0.3 is 20.7 Å². The molecule has 6 nitrogen and oxygen atoms in total. The van der Waals surface area contributed by atoms with Crippen molar-refractivity contribution in [2.75, 3.05) is 26.7 Å². The Morgan fingerprint density at radius 1 is 1.19 bits per heavy atom. The minimum atomic E-state index is -4.41. The van der Waals surface area contributed by atoms with Gasteiger partial charge in [-0.2, -0.15) is 13.2 Å². The van der Waals surface area contributed by atoms with Crippen LogP contribution in [0.15, 0.2) is 29.3 Å². The SMILES string of the molecule is CN=C(NCCOc1cccc(C(F)(F)F)c1)NCC(=O)NC(C)(C)C.I. The molecule has 154 valence electrons. The molecule has 10 heteroatoms. The van der Waals surface area contributed by atoms with Crippen LogP contribution < -0.4 is 20.7 Å². The number of carbonyl (C=O) groups is 1. The average molecular weight is 502 g/mol. The molecule has 0 aromatic heterocycles.